The topological polar surface area (TPSA) is 46.5 Å². The maximum absolute atomic E-state index is 10.8. The quantitative estimate of drug-likeness (QED) is 0.870. The average Bonchev–Trinajstić information content (AvgIpc) is 2.02. The molecular weight excluding hydrogens is 236 g/mol. The van der Waals surface area contributed by atoms with Gasteiger partial charge in [-0.05, 0) is 40.5 Å². The van der Waals surface area contributed by atoms with Crippen LogP contribution in [0.15, 0.2) is 16.6 Å². The zero-order valence-corrected chi connectivity index (χ0v) is 8.88. The molecule has 0 spiro atoms. The SMILES string of the molecule is COc1cc(C)c(C(=O)O)c(Br)c1. The molecule has 0 saturated heterocycles. The van der Waals surface area contributed by atoms with Crippen molar-refractivity contribution in [1.29, 1.82) is 0 Å². The first kappa shape index (κ1) is 10.1. The third kappa shape index (κ3) is 2.01. The first-order chi connectivity index (χ1) is 6.06. The molecule has 0 unspecified atom stereocenters. The highest BCUT2D eigenvalue weighted by molar-refractivity contribution is 9.10. The molecule has 0 aliphatic rings. The molecule has 0 heterocycles. The van der Waals surface area contributed by atoms with E-state index in [1.807, 2.05) is 0 Å². The molecule has 1 N–H and O–H groups in total. The Morgan fingerprint density at radius 3 is 2.54 bits per heavy atom. The molecule has 3 nitrogen and oxygen atoms in total. The first-order valence-electron chi connectivity index (χ1n) is 3.63. The first-order valence-corrected chi connectivity index (χ1v) is 4.43. The van der Waals surface area contributed by atoms with E-state index in [2.05, 4.69) is 15.9 Å². The van der Waals surface area contributed by atoms with Crippen LogP contribution in [-0.2, 0) is 0 Å². The molecule has 1 aromatic rings. The minimum Gasteiger partial charge on any atom is -0.497 e. The molecule has 70 valence electrons. The Balaban J connectivity index is 3.31. The number of hydrogen-bond acceptors (Lipinski definition) is 2. The zero-order valence-electron chi connectivity index (χ0n) is 7.30. The summed E-state index contributed by atoms with van der Waals surface area (Å²) >= 11 is 3.18. The van der Waals surface area contributed by atoms with Gasteiger partial charge in [0.25, 0.3) is 0 Å². The van der Waals surface area contributed by atoms with E-state index < -0.39 is 5.97 Å². The van der Waals surface area contributed by atoms with Gasteiger partial charge in [-0.15, -0.1) is 0 Å². The Hall–Kier alpha value is -1.03. The van der Waals surface area contributed by atoms with E-state index in [9.17, 15) is 4.79 Å². The highest BCUT2D eigenvalue weighted by Gasteiger charge is 2.12. The van der Waals surface area contributed by atoms with E-state index in [4.69, 9.17) is 9.84 Å². The molecule has 0 atom stereocenters. The van der Waals surface area contributed by atoms with E-state index in [-0.39, 0.29) is 5.56 Å². The summed E-state index contributed by atoms with van der Waals surface area (Å²) in [5, 5.41) is 8.84. The molecule has 13 heavy (non-hydrogen) atoms. The second kappa shape index (κ2) is 3.79. The van der Waals surface area contributed by atoms with Gasteiger partial charge in [-0.1, -0.05) is 0 Å². The summed E-state index contributed by atoms with van der Waals surface area (Å²) in [6, 6.07) is 3.32. The lowest BCUT2D eigenvalue weighted by Gasteiger charge is -2.06. The van der Waals surface area contributed by atoms with Gasteiger partial charge >= 0.3 is 5.97 Å². The van der Waals surface area contributed by atoms with Crippen molar-refractivity contribution in [3.63, 3.8) is 0 Å². The third-order valence-corrected chi connectivity index (χ3v) is 2.34. The van der Waals surface area contributed by atoms with Gasteiger partial charge in [-0.2, -0.15) is 0 Å². The van der Waals surface area contributed by atoms with Crippen LogP contribution in [-0.4, -0.2) is 18.2 Å². The lowest BCUT2D eigenvalue weighted by atomic mass is 10.1. The lowest BCUT2D eigenvalue weighted by Crippen LogP contribution is -2.01. The molecular formula is C9H9BrO3. The molecule has 0 radical (unpaired) electrons. The number of carboxylic acid groups (broad SMARTS) is 1. The van der Waals surface area contributed by atoms with Crippen LogP contribution in [0.1, 0.15) is 15.9 Å². The third-order valence-electron chi connectivity index (χ3n) is 1.71. The summed E-state index contributed by atoms with van der Waals surface area (Å²) in [5.74, 6) is -0.290. The van der Waals surface area contributed by atoms with Gasteiger partial charge < -0.3 is 9.84 Å². The van der Waals surface area contributed by atoms with Gasteiger partial charge in [-0.3, -0.25) is 0 Å². The number of hydrogen-bond donors (Lipinski definition) is 1. The number of aromatic carboxylic acids is 1. The van der Waals surface area contributed by atoms with Crippen molar-refractivity contribution in [2.75, 3.05) is 7.11 Å². The smallest absolute Gasteiger partial charge is 0.337 e. The van der Waals surface area contributed by atoms with Gasteiger partial charge in [-0.25, -0.2) is 4.79 Å². The van der Waals surface area contributed by atoms with Crippen LogP contribution < -0.4 is 4.74 Å². The summed E-state index contributed by atoms with van der Waals surface area (Å²) in [7, 11) is 1.54. The minimum absolute atomic E-state index is 0.279. The molecule has 0 aliphatic carbocycles. The van der Waals surface area contributed by atoms with Crippen molar-refractivity contribution in [3.05, 3.63) is 27.7 Å². The Kier molecular flexibility index (Phi) is 2.93. The van der Waals surface area contributed by atoms with E-state index in [1.54, 1.807) is 26.2 Å². The molecule has 1 rings (SSSR count). The van der Waals surface area contributed by atoms with Gasteiger partial charge in [0.15, 0.2) is 0 Å². The van der Waals surface area contributed by atoms with Crippen LogP contribution in [0.2, 0.25) is 0 Å². The van der Waals surface area contributed by atoms with E-state index in [1.165, 1.54) is 0 Å². The molecule has 0 aromatic heterocycles. The average molecular weight is 245 g/mol. The van der Waals surface area contributed by atoms with Crippen LogP contribution in [0.3, 0.4) is 0 Å². The Bertz CT molecular complexity index is 324. The van der Waals surface area contributed by atoms with E-state index in [0.29, 0.717) is 15.8 Å². The molecule has 0 amide bonds. The van der Waals surface area contributed by atoms with E-state index >= 15 is 0 Å². The Labute approximate surface area is 84.5 Å². The summed E-state index contributed by atoms with van der Waals surface area (Å²) in [6.07, 6.45) is 0. The fourth-order valence-corrected chi connectivity index (χ4v) is 1.81. The van der Waals surface area contributed by atoms with Gasteiger partial charge in [0.2, 0.25) is 0 Å². The molecule has 0 aliphatic heterocycles. The number of ether oxygens (including phenoxy) is 1. The van der Waals surface area contributed by atoms with Crippen LogP contribution in [0.4, 0.5) is 0 Å². The fourth-order valence-electron chi connectivity index (χ4n) is 1.10. The number of methoxy groups -OCH3 is 1. The monoisotopic (exact) mass is 244 g/mol. The van der Waals surface area contributed by atoms with Crippen LogP contribution in [0, 0.1) is 6.92 Å². The second-order valence-corrected chi connectivity index (χ2v) is 3.46. The van der Waals surface area contributed by atoms with E-state index in [0.717, 1.165) is 0 Å². The highest BCUT2D eigenvalue weighted by atomic mass is 79.9. The fraction of sp³-hybridized carbons (Fsp3) is 0.222. The minimum atomic E-state index is -0.938. The lowest BCUT2D eigenvalue weighted by molar-refractivity contribution is 0.0695. The summed E-state index contributed by atoms with van der Waals surface area (Å²) < 4.78 is 5.53. The molecule has 1 aromatic carbocycles. The number of benzene rings is 1. The van der Waals surface area contributed by atoms with Crippen LogP contribution in [0.5, 0.6) is 5.75 Å². The molecule has 0 bridgehead atoms. The summed E-state index contributed by atoms with van der Waals surface area (Å²) in [6.45, 7) is 1.73. The number of rotatable bonds is 2. The zero-order chi connectivity index (χ0) is 10.0. The van der Waals surface area contributed by atoms with Crippen molar-refractivity contribution >= 4 is 21.9 Å². The van der Waals surface area contributed by atoms with Crippen molar-refractivity contribution in [2.45, 2.75) is 6.92 Å². The second-order valence-electron chi connectivity index (χ2n) is 2.61. The largest absolute Gasteiger partial charge is 0.497 e. The van der Waals surface area contributed by atoms with Gasteiger partial charge in [0, 0.05) is 4.47 Å². The Morgan fingerprint density at radius 2 is 2.15 bits per heavy atom. The van der Waals surface area contributed by atoms with Crippen LogP contribution >= 0.6 is 15.9 Å². The molecule has 0 saturated carbocycles. The maximum Gasteiger partial charge on any atom is 0.337 e. The number of carboxylic acids is 1. The van der Waals surface area contributed by atoms with Crippen molar-refractivity contribution < 1.29 is 14.6 Å². The normalized spacial score (nSPS) is 9.77. The number of aryl methyl sites for hydroxylation is 1. The van der Waals surface area contributed by atoms with Crippen LogP contribution in [0.25, 0.3) is 0 Å². The number of carbonyl (C=O) groups is 1. The van der Waals surface area contributed by atoms with Gasteiger partial charge in [0.05, 0.1) is 12.7 Å². The summed E-state index contributed by atoms with van der Waals surface area (Å²) in [4.78, 5) is 10.8. The maximum atomic E-state index is 10.8. The molecule has 0 fully saturated rings. The van der Waals surface area contributed by atoms with Crippen molar-refractivity contribution in [1.82, 2.24) is 0 Å². The summed E-state index contributed by atoms with van der Waals surface area (Å²) in [5.41, 5.74) is 0.958. The molecule has 4 heteroatoms. The highest BCUT2D eigenvalue weighted by Crippen LogP contribution is 2.26. The number of halogens is 1. The van der Waals surface area contributed by atoms with Crippen molar-refractivity contribution in [2.24, 2.45) is 0 Å². The Morgan fingerprint density at radius 1 is 1.54 bits per heavy atom. The predicted molar refractivity (Wildman–Crippen MR) is 52.4 cm³/mol. The van der Waals surface area contributed by atoms with Gasteiger partial charge in [0.1, 0.15) is 5.75 Å². The standard InChI is InChI=1S/C9H9BrO3/c1-5-3-6(13-2)4-7(10)8(5)9(11)12/h3-4H,1-2H3,(H,11,12). The van der Waals surface area contributed by atoms with Crippen molar-refractivity contribution in [3.8, 4) is 5.75 Å². The predicted octanol–water partition coefficient (Wildman–Crippen LogP) is 2.46.